The first kappa shape index (κ1) is 26.0. The molecule has 3 rings (SSSR count). The quantitative estimate of drug-likeness (QED) is 0.351. The number of amides is 4. The van der Waals surface area contributed by atoms with Gasteiger partial charge >= 0.3 is 13.1 Å². The van der Waals surface area contributed by atoms with Crippen LogP contribution in [0, 0.1) is 0 Å². The van der Waals surface area contributed by atoms with Crippen LogP contribution in [-0.2, 0) is 20.7 Å². The Morgan fingerprint density at radius 2 is 1.65 bits per heavy atom. The number of morpholine rings is 1. The zero-order valence-electron chi connectivity index (χ0n) is 19.5. The van der Waals surface area contributed by atoms with Gasteiger partial charge in [-0.25, -0.2) is 4.79 Å². The highest BCUT2D eigenvalue weighted by Crippen LogP contribution is 2.11. The van der Waals surface area contributed by atoms with Crippen molar-refractivity contribution in [3.63, 3.8) is 0 Å². The van der Waals surface area contributed by atoms with Crippen LogP contribution in [0.4, 0.5) is 4.79 Å². The van der Waals surface area contributed by atoms with E-state index < -0.39 is 31.0 Å². The number of hydrogen-bond donors (Lipinski definition) is 4. The third kappa shape index (κ3) is 8.00. The molecular formula is C23H35BN4O6. The SMILES string of the molecule is O=C(N[C@@H](CCCc1ccccc1)B(O)O)C(CC(=O)N1CCOCC1)NC(=O)N1CCCC1. The van der Waals surface area contributed by atoms with Crippen molar-refractivity contribution in [2.24, 2.45) is 0 Å². The van der Waals surface area contributed by atoms with Gasteiger partial charge in [-0.05, 0) is 37.7 Å². The lowest BCUT2D eigenvalue weighted by molar-refractivity contribution is -0.138. The lowest BCUT2D eigenvalue weighted by Gasteiger charge is -2.29. The maximum Gasteiger partial charge on any atom is 0.475 e. The van der Waals surface area contributed by atoms with Crippen LogP contribution in [0.15, 0.2) is 30.3 Å². The smallest absolute Gasteiger partial charge is 0.426 e. The highest BCUT2D eigenvalue weighted by molar-refractivity contribution is 6.43. The molecule has 2 aliphatic heterocycles. The van der Waals surface area contributed by atoms with Gasteiger partial charge in [0.25, 0.3) is 0 Å². The molecule has 11 heteroatoms. The maximum absolute atomic E-state index is 13.1. The van der Waals surface area contributed by atoms with Crippen LogP contribution in [0.25, 0.3) is 0 Å². The van der Waals surface area contributed by atoms with E-state index in [-0.39, 0.29) is 12.3 Å². The number of carbonyl (C=O) groups excluding carboxylic acids is 3. The van der Waals surface area contributed by atoms with E-state index in [1.54, 1.807) is 9.80 Å². The summed E-state index contributed by atoms with van der Waals surface area (Å²) in [5, 5.41) is 25.0. The topological polar surface area (TPSA) is 131 Å². The van der Waals surface area contributed by atoms with E-state index in [1.165, 1.54) is 0 Å². The monoisotopic (exact) mass is 474 g/mol. The fourth-order valence-electron chi connectivity index (χ4n) is 4.24. The van der Waals surface area contributed by atoms with E-state index in [9.17, 15) is 24.4 Å². The summed E-state index contributed by atoms with van der Waals surface area (Å²) in [5.74, 6) is -1.77. The predicted octanol–water partition coefficient (Wildman–Crippen LogP) is -0.0710. The molecule has 2 saturated heterocycles. The normalized spacial score (nSPS) is 17.7. The van der Waals surface area contributed by atoms with Crippen LogP contribution >= 0.6 is 0 Å². The van der Waals surface area contributed by atoms with Gasteiger partial charge in [0.15, 0.2) is 0 Å². The van der Waals surface area contributed by atoms with Crippen LogP contribution in [0.5, 0.6) is 0 Å². The summed E-state index contributed by atoms with van der Waals surface area (Å²) in [6.45, 7) is 2.95. The van der Waals surface area contributed by atoms with E-state index >= 15 is 0 Å². The molecule has 10 nitrogen and oxygen atoms in total. The van der Waals surface area contributed by atoms with E-state index in [2.05, 4.69) is 10.6 Å². The van der Waals surface area contributed by atoms with Crippen LogP contribution in [0.3, 0.4) is 0 Å². The summed E-state index contributed by atoms with van der Waals surface area (Å²) in [5.41, 5.74) is 1.12. The number of rotatable bonds is 10. The summed E-state index contributed by atoms with van der Waals surface area (Å²) < 4.78 is 5.28. The fraction of sp³-hybridized carbons (Fsp3) is 0.609. The molecule has 0 spiro atoms. The Morgan fingerprint density at radius 3 is 2.29 bits per heavy atom. The average Bonchev–Trinajstić information content (AvgIpc) is 3.39. The first-order chi connectivity index (χ1) is 16.4. The molecule has 2 fully saturated rings. The van der Waals surface area contributed by atoms with Crippen molar-refractivity contribution < 1.29 is 29.2 Å². The van der Waals surface area contributed by atoms with Crippen molar-refractivity contribution in [3.05, 3.63) is 35.9 Å². The van der Waals surface area contributed by atoms with E-state index in [0.717, 1.165) is 24.8 Å². The zero-order chi connectivity index (χ0) is 24.3. The summed E-state index contributed by atoms with van der Waals surface area (Å²) in [7, 11) is -1.76. The molecule has 1 aromatic rings. The maximum atomic E-state index is 13.1. The second kappa shape index (κ2) is 13.3. The third-order valence-electron chi connectivity index (χ3n) is 6.26. The molecule has 0 aromatic heterocycles. The Hall–Kier alpha value is -2.63. The van der Waals surface area contributed by atoms with Gasteiger partial charge in [-0.3, -0.25) is 9.59 Å². The largest absolute Gasteiger partial charge is 0.475 e. The predicted molar refractivity (Wildman–Crippen MR) is 127 cm³/mol. The minimum Gasteiger partial charge on any atom is -0.426 e. The van der Waals surface area contributed by atoms with Crippen LogP contribution in [0.2, 0.25) is 0 Å². The lowest BCUT2D eigenvalue weighted by atomic mass is 9.76. The number of hydrogen-bond acceptors (Lipinski definition) is 6. The minimum absolute atomic E-state index is 0.205. The average molecular weight is 474 g/mol. The van der Waals surface area contributed by atoms with Crippen LogP contribution < -0.4 is 10.6 Å². The Morgan fingerprint density at radius 1 is 0.971 bits per heavy atom. The molecule has 2 aliphatic rings. The van der Waals surface area contributed by atoms with Crippen molar-refractivity contribution >= 4 is 25.0 Å². The van der Waals surface area contributed by atoms with Gasteiger partial charge in [0.2, 0.25) is 11.8 Å². The van der Waals surface area contributed by atoms with Crippen LogP contribution in [-0.4, -0.2) is 96.2 Å². The molecule has 1 unspecified atom stereocenters. The number of benzene rings is 1. The van der Waals surface area contributed by atoms with Gasteiger partial charge in [0, 0.05) is 26.2 Å². The molecule has 186 valence electrons. The molecule has 4 N–H and O–H groups in total. The molecule has 0 radical (unpaired) electrons. The van der Waals surface area contributed by atoms with E-state index in [0.29, 0.717) is 52.2 Å². The summed E-state index contributed by atoms with van der Waals surface area (Å²) in [6, 6.07) is 8.28. The molecule has 34 heavy (non-hydrogen) atoms. The van der Waals surface area contributed by atoms with Crippen molar-refractivity contribution in [2.45, 2.75) is 50.5 Å². The Labute approximate surface area is 200 Å². The number of urea groups is 1. The van der Waals surface area contributed by atoms with E-state index in [1.807, 2.05) is 30.3 Å². The number of ether oxygens (including phenoxy) is 1. The van der Waals surface area contributed by atoms with Crippen molar-refractivity contribution in [3.8, 4) is 0 Å². The molecule has 0 saturated carbocycles. The van der Waals surface area contributed by atoms with Gasteiger partial charge in [0.05, 0.1) is 25.6 Å². The van der Waals surface area contributed by atoms with Gasteiger partial charge in [0.1, 0.15) is 6.04 Å². The third-order valence-corrected chi connectivity index (χ3v) is 6.26. The molecule has 4 amide bonds. The van der Waals surface area contributed by atoms with Crippen molar-refractivity contribution in [1.29, 1.82) is 0 Å². The molecule has 1 aromatic carbocycles. The number of nitrogens with one attached hydrogen (secondary N) is 2. The number of likely N-dealkylation sites (tertiary alicyclic amines) is 1. The standard InChI is InChI=1S/C23H35BN4O6/c29-21(27-13-15-34-16-14-27)17-19(25-23(31)28-11-4-5-12-28)22(30)26-20(24(32)33)10-6-9-18-7-2-1-3-8-18/h1-3,7-8,19-20,32-33H,4-6,9-17H2,(H,25,31)(H,26,30)/t19?,20-/m0/s1. The number of aryl methyl sites for hydroxylation is 1. The summed E-state index contributed by atoms with van der Waals surface area (Å²) in [4.78, 5) is 41.8. The second-order valence-corrected chi connectivity index (χ2v) is 8.80. The first-order valence-electron chi connectivity index (χ1n) is 12.1. The molecule has 2 heterocycles. The Kier molecular flexibility index (Phi) is 10.2. The lowest BCUT2D eigenvalue weighted by Crippen LogP contribution is -2.57. The zero-order valence-corrected chi connectivity index (χ0v) is 19.5. The fourth-order valence-corrected chi connectivity index (χ4v) is 4.24. The molecule has 2 atom stereocenters. The van der Waals surface area contributed by atoms with Crippen molar-refractivity contribution in [2.75, 3.05) is 39.4 Å². The van der Waals surface area contributed by atoms with Gasteiger partial charge in [-0.15, -0.1) is 0 Å². The summed E-state index contributed by atoms with van der Waals surface area (Å²) >= 11 is 0. The first-order valence-corrected chi connectivity index (χ1v) is 12.1. The highest BCUT2D eigenvalue weighted by Gasteiger charge is 2.33. The van der Waals surface area contributed by atoms with E-state index in [4.69, 9.17) is 4.74 Å². The van der Waals surface area contributed by atoms with Gasteiger partial charge in [-0.1, -0.05) is 30.3 Å². The van der Waals surface area contributed by atoms with Gasteiger partial charge < -0.3 is 35.2 Å². The van der Waals surface area contributed by atoms with Gasteiger partial charge in [-0.2, -0.15) is 0 Å². The highest BCUT2D eigenvalue weighted by atomic mass is 16.5. The molecule has 0 bridgehead atoms. The Bertz CT molecular complexity index is 800. The molecule has 0 aliphatic carbocycles. The summed E-state index contributed by atoms with van der Waals surface area (Å²) in [6.07, 6.45) is 3.29. The molecular weight excluding hydrogens is 439 g/mol. The number of carbonyl (C=O) groups is 3. The number of nitrogens with zero attached hydrogens (tertiary/aromatic N) is 2. The minimum atomic E-state index is -1.76. The van der Waals surface area contributed by atoms with Crippen LogP contribution in [0.1, 0.15) is 37.7 Å². The Balaban J connectivity index is 1.60. The second-order valence-electron chi connectivity index (χ2n) is 8.80. The van der Waals surface area contributed by atoms with Crippen molar-refractivity contribution in [1.82, 2.24) is 20.4 Å².